The lowest BCUT2D eigenvalue weighted by atomic mass is 10.0. The highest BCUT2D eigenvalue weighted by atomic mass is 35.5. The van der Waals surface area contributed by atoms with E-state index in [-0.39, 0.29) is 0 Å². The van der Waals surface area contributed by atoms with Crippen LogP contribution in [0, 0.1) is 5.92 Å². The van der Waals surface area contributed by atoms with Crippen LogP contribution in [0.1, 0.15) is 33.0 Å². The van der Waals surface area contributed by atoms with E-state index in [0.29, 0.717) is 29.5 Å². The standard InChI is InChI=1S/C12H20ClN3O/c1-5-9(8(2)3)14-11-6-10(13)15-12(16-11)7-17-4/h6,8-9H,5,7H2,1-4H3,(H,14,15,16). The largest absolute Gasteiger partial charge is 0.377 e. The molecular formula is C12H20ClN3O. The van der Waals surface area contributed by atoms with E-state index < -0.39 is 0 Å². The molecule has 0 aliphatic heterocycles. The molecule has 0 aromatic carbocycles. The van der Waals surface area contributed by atoms with E-state index in [2.05, 4.69) is 36.1 Å². The summed E-state index contributed by atoms with van der Waals surface area (Å²) in [6.45, 7) is 6.88. The molecule has 4 nitrogen and oxygen atoms in total. The predicted octanol–water partition coefficient (Wildman–Crippen LogP) is 3.12. The molecule has 0 amide bonds. The number of halogens is 1. The van der Waals surface area contributed by atoms with Gasteiger partial charge in [-0.25, -0.2) is 9.97 Å². The van der Waals surface area contributed by atoms with Gasteiger partial charge in [0.05, 0.1) is 0 Å². The zero-order valence-electron chi connectivity index (χ0n) is 10.8. The molecule has 1 atom stereocenters. The summed E-state index contributed by atoms with van der Waals surface area (Å²) in [5.41, 5.74) is 0. The maximum absolute atomic E-state index is 5.95. The summed E-state index contributed by atoms with van der Waals surface area (Å²) >= 11 is 5.95. The molecule has 1 aromatic rings. The number of ether oxygens (including phenoxy) is 1. The molecule has 0 saturated heterocycles. The van der Waals surface area contributed by atoms with Gasteiger partial charge >= 0.3 is 0 Å². The van der Waals surface area contributed by atoms with Gasteiger partial charge in [0.15, 0.2) is 5.82 Å². The van der Waals surface area contributed by atoms with E-state index in [0.717, 1.165) is 12.2 Å². The highest BCUT2D eigenvalue weighted by Crippen LogP contribution is 2.16. The first-order valence-corrected chi connectivity index (χ1v) is 6.23. The first-order chi connectivity index (χ1) is 8.06. The summed E-state index contributed by atoms with van der Waals surface area (Å²) in [5, 5.41) is 3.81. The Kier molecular flexibility index (Phi) is 5.65. The van der Waals surface area contributed by atoms with Crippen molar-refractivity contribution in [1.29, 1.82) is 0 Å². The van der Waals surface area contributed by atoms with Crippen LogP contribution in [0.5, 0.6) is 0 Å². The Hall–Kier alpha value is -0.870. The molecule has 96 valence electrons. The summed E-state index contributed by atoms with van der Waals surface area (Å²) in [5.74, 6) is 1.90. The maximum atomic E-state index is 5.95. The summed E-state index contributed by atoms with van der Waals surface area (Å²) in [4.78, 5) is 8.45. The third-order valence-electron chi connectivity index (χ3n) is 2.59. The van der Waals surface area contributed by atoms with Crippen LogP contribution in [0.4, 0.5) is 5.82 Å². The third kappa shape index (κ3) is 4.48. The van der Waals surface area contributed by atoms with Crippen LogP contribution in [0.15, 0.2) is 6.07 Å². The van der Waals surface area contributed by atoms with Crippen LogP contribution < -0.4 is 5.32 Å². The molecule has 17 heavy (non-hydrogen) atoms. The lowest BCUT2D eigenvalue weighted by Crippen LogP contribution is -2.25. The minimum atomic E-state index is 0.369. The van der Waals surface area contributed by atoms with Crippen molar-refractivity contribution in [2.75, 3.05) is 12.4 Å². The van der Waals surface area contributed by atoms with Gasteiger partial charge in [-0.2, -0.15) is 0 Å². The normalized spacial score (nSPS) is 12.8. The number of hydrogen-bond donors (Lipinski definition) is 1. The van der Waals surface area contributed by atoms with Gasteiger partial charge in [-0.1, -0.05) is 32.4 Å². The fraction of sp³-hybridized carbons (Fsp3) is 0.667. The van der Waals surface area contributed by atoms with Crippen molar-refractivity contribution >= 4 is 17.4 Å². The van der Waals surface area contributed by atoms with Crippen LogP contribution in [-0.2, 0) is 11.3 Å². The van der Waals surface area contributed by atoms with Gasteiger partial charge in [-0.15, -0.1) is 0 Å². The van der Waals surface area contributed by atoms with Crippen molar-refractivity contribution in [2.45, 2.75) is 39.8 Å². The average Bonchev–Trinajstić information content (AvgIpc) is 2.25. The topological polar surface area (TPSA) is 47.0 Å². The van der Waals surface area contributed by atoms with E-state index in [1.54, 1.807) is 13.2 Å². The number of nitrogens with zero attached hydrogens (tertiary/aromatic N) is 2. The number of aromatic nitrogens is 2. The van der Waals surface area contributed by atoms with Gasteiger partial charge in [0.1, 0.15) is 17.6 Å². The van der Waals surface area contributed by atoms with E-state index in [1.165, 1.54) is 0 Å². The molecule has 1 rings (SSSR count). The number of nitrogens with one attached hydrogen (secondary N) is 1. The average molecular weight is 258 g/mol. The van der Waals surface area contributed by atoms with Crippen molar-refractivity contribution in [3.8, 4) is 0 Å². The Labute approximate surface area is 108 Å². The van der Waals surface area contributed by atoms with Gasteiger partial charge in [-0.05, 0) is 12.3 Å². The molecule has 5 heteroatoms. The first kappa shape index (κ1) is 14.2. The van der Waals surface area contributed by atoms with Crippen molar-refractivity contribution in [2.24, 2.45) is 5.92 Å². The predicted molar refractivity (Wildman–Crippen MR) is 70.3 cm³/mol. The molecule has 0 saturated carbocycles. The van der Waals surface area contributed by atoms with Gasteiger partial charge in [0.25, 0.3) is 0 Å². The summed E-state index contributed by atoms with van der Waals surface area (Å²) in [7, 11) is 1.61. The molecule has 1 N–H and O–H groups in total. The summed E-state index contributed by atoms with van der Waals surface area (Å²) < 4.78 is 5.01. The van der Waals surface area contributed by atoms with Gasteiger partial charge in [0, 0.05) is 19.2 Å². The number of rotatable bonds is 6. The molecule has 0 fully saturated rings. The number of methoxy groups -OCH3 is 1. The summed E-state index contributed by atoms with van der Waals surface area (Å²) in [6, 6.07) is 2.13. The SMILES string of the molecule is CCC(Nc1cc(Cl)nc(COC)n1)C(C)C. The molecule has 0 aliphatic carbocycles. The van der Waals surface area contributed by atoms with Crippen LogP contribution >= 0.6 is 11.6 Å². The quantitative estimate of drug-likeness (QED) is 0.796. The Morgan fingerprint density at radius 1 is 1.41 bits per heavy atom. The van der Waals surface area contributed by atoms with Crippen LogP contribution in [0.3, 0.4) is 0 Å². The Morgan fingerprint density at radius 2 is 2.12 bits per heavy atom. The van der Waals surface area contributed by atoms with E-state index >= 15 is 0 Å². The molecular weight excluding hydrogens is 238 g/mol. The van der Waals surface area contributed by atoms with E-state index in [4.69, 9.17) is 16.3 Å². The minimum absolute atomic E-state index is 0.369. The molecule has 1 aromatic heterocycles. The van der Waals surface area contributed by atoms with Crippen LogP contribution in [-0.4, -0.2) is 23.1 Å². The van der Waals surface area contributed by atoms with Crippen molar-refractivity contribution in [3.63, 3.8) is 0 Å². The Morgan fingerprint density at radius 3 is 2.65 bits per heavy atom. The minimum Gasteiger partial charge on any atom is -0.377 e. The van der Waals surface area contributed by atoms with Gasteiger partial charge in [-0.3, -0.25) is 0 Å². The van der Waals surface area contributed by atoms with E-state index in [1.807, 2.05) is 0 Å². The lowest BCUT2D eigenvalue weighted by Gasteiger charge is -2.21. The Balaban J connectivity index is 2.82. The van der Waals surface area contributed by atoms with Gasteiger partial charge in [0.2, 0.25) is 0 Å². The zero-order valence-corrected chi connectivity index (χ0v) is 11.6. The fourth-order valence-corrected chi connectivity index (χ4v) is 1.86. The highest BCUT2D eigenvalue weighted by Gasteiger charge is 2.12. The molecule has 0 spiro atoms. The molecule has 0 bridgehead atoms. The third-order valence-corrected chi connectivity index (χ3v) is 2.79. The highest BCUT2D eigenvalue weighted by molar-refractivity contribution is 6.29. The zero-order chi connectivity index (χ0) is 12.8. The van der Waals surface area contributed by atoms with Gasteiger partial charge < -0.3 is 10.1 Å². The van der Waals surface area contributed by atoms with E-state index in [9.17, 15) is 0 Å². The molecule has 1 unspecified atom stereocenters. The molecule has 0 radical (unpaired) electrons. The number of hydrogen-bond acceptors (Lipinski definition) is 4. The maximum Gasteiger partial charge on any atom is 0.158 e. The van der Waals surface area contributed by atoms with Crippen LogP contribution in [0.25, 0.3) is 0 Å². The number of anilines is 1. The fourth-order valence-electron chi connectivity index (χ4n) is 1.66. The monoisotopic (exact) mass is 257 g/mol. The second-order valence-electron chi connectivity index (χ2n) is 4.33. The first-order valence-electron chi connectivity index (χ1n) is 5.85. The van der Waals surface area contributed by atoms with Crippen molar-refractivity contribution in [3.05, 3.63) is 17.0 Å². The molecule has 1 heterocycles. The van der Waals surface area contributed by atoms with Crippen molar-refractivity contribution in [1.82, 2.24) is 9.97 Å². The molecule has 0 aliphatic rings. The van der Waals surface area contributed by atoms with Crippen LogP contribution in [0.2, 0.25) is 5.15 Å². The summed E-state index contributed by atoms with van der Waals surface area (Å²) in [6.07, 6.45) is 1.04. The smallest absolute Gasteiger partial charge is 0.158 e. The second kappa shape index (κ2) is 6.77. The Bertz CT molecular complexity index is 358. The van der Waals surface area contributed by atoms with Crippen molar-refractivity contribution < 1.29 is 4.74 Å². The second-order valence-corrected chi connectivity index (χ2v) is 4.72. The lowest BCUT2D eigenvalue weighted by molar-refractivity contribution is 0.178.